The van der Waals surface area contributed by atoms with Gasteiger partial charge in [-0.1, -0.05) is 24.3 Å². The fourth-order valence-electron chi connectivity index (χ4n) is 2.55. The van der Waals surface area contributed by atoms with Crippen molar-refractivity contribution in [2.45, 2.75) is 59.7 Å². The second kappa shape index (κ2) is 8.06. The summed E-state index contributed by atoms with van der Waals surface area (Å²) in [6, 6.07) is 6.72. The first-order valence-electron chi connectivity index (χ1n) is 9.19. The Bertz CT molecular complexity index is 916. The molecule has 0 saturated heterocycles. The minimum atomic E-state index is -0.708. The van der Waals surface area contributed by atoms with E-state index in [1.807, 2.05) is 0 Å². The van der Waals surface area contributed by atoms with Crippen LogP contribution in [-0.4, -0.2) is 39.5 Å². The number of aromatic nitrogens is 2. The number of nitrogens with zero attached hydrogens (tertiary/aromatic N) is 2. The fourth-order valence-corrected chi connectivity index (χ4v) is 2.55. The largest absolute Gasteiger partial charge is 0.444 e. The molecule has 1 aromatic heterocycles. The predicted octanol–water partition coefficient (Wildman–Crippen LogP) is 4.80. The minimum absolute atomic E-state index is 0.154. The number of rotatable bonds is 3. The first-order chi connectivity index (χ1) is 13.3. The van der Waals surface area contributed by atoms with Crippen LogP contribution in [0.25, 0.3) is 11.1 Å². The van der Waals surface area contributed by atoms with Crippen molar-refractivity contribution in [3.8, 4) is 11.1 Å². The van der Waals surface area contributed by atoms with E-state index in [4.69, 9.17) is 9.47 Å². The highest BCUT2D eigenvalue weighted by atomic mass is 16.6. The molecule has 0 atom stereocenters. The van der Waals surface area contributed by atoms with Crippen LogP contribution in [0.4, 0.5) is 15.4 Å². The van der Waals surface area contributed by atoms with E-state index in [1.165, 1.54) is 0 Å². The van der Waals surface area contributed by atoms with Crippen molar-refractivity contribution in [2.75, 3.05) is 5.32 Å². The minimum Gasteiger partial charge on any atom is -0.444 e. The van der Waals surface area contributed by atoms with Gasteiger partial charge in [0.1, 0.15) is 17.5 Å². The zero-order valence-corrected chi connectivity index (χ0v) is 17.8. The molecule has 1 aromatic carbocycles. The van der Waals surface area contributed by atoms with Crippen molar-refractivity contribution in [2.24, 2.45) is 0 Å². The summed E-state index contributed by atoms with van der Waals surface area (Å²) in [5.41, 5.74) is 0.781. The van der Waals surface area contributed by atoms with E-state index in [1.54, 1.807) is 72.7 Å². The van der Waals surface area contributed by atoms with E-state index in [0.29, 0.717) is 22.4 Å². The van der Waals surface area contributed by atoms with Crippen molar-refractivity contribution in [3.63, 3.8) is 0 Å². The Labute approximate surface area is 170 Å². The lowest BCUT2D eigenvalue weighted by Crippen LogP contribution is -2.29. The second-order valence-corrected chi connectivity index (χ2v) is 8.57. The molecule has 1 amide bonds. The van der Waals surface area contributed by atoms with Crippen LogP contribution in [0.1, 0.15) is 57.6 Å². The van der Waals surface area contributed by atoms with Crippen LogP contribution in [0, 0.1) is 6.92 Å². The highest BCUT2D eigenvalue weighted by molar-refractivity contribution is 5.92. The fraction of sp³-hybridized carbons (Fsp3) is 0.429. The van der Waals surface area contributed by atoms with Gasteiger partial charge in [0.15, 0.2) is 5.82 Å². The number of carbonyl (C=O) groups is 3. The highest BCUT2D eigenvalue weighted by Crippen LogP contribution is 2.32. The normalized spacial score (nSPS) is 11.7. The van der Waals surface area contributed by atoms with Crippen LogP contribution in [0.3, 0.4) is 0 Å². The van der Waals surface area contributed by atoms with E-state index >= 15 is 0 Å². The number of carbonyl (C=O) groups excluding carboxylic acids is 3. The molecular formula is C21H27N3O5. The van der Waals surface area contributed by atoms with Crippen LogP contribution < -0.4 is 5.32 Å². The van der Waals surface area contributed by atoms with Gasteiger partial charge in [-0.15, -0.1) is 5.10 Å². The number of hydrogen-bond donors (Lipinski definition) is 1. The lowest BCUT2D eigenvalue weighted by Gasteiger charge is -2.19. The zero-order chi connectivity index (χ0) is 22.0. The molecular weight excluding hydrogens is 374 g/mol. The van der Waals surface area contributed by atoms with Gasteiger partial charge in [0, 0.05) is 11.1 Å². The Balaban J connectivity index is 2.51. The van der Waals surface area contributed by atoms with Crippen molar-refractivity contribution < 1.29 is 23.9 Å². The highest BCUT2D eigenvalue weighted by Gasteiger charge is 2.26. The van der Waals surface area contributed by atoms with Gasteiger partial charge >= 0.3 is 12.2 Å². The summed E-state index contributed by atoms with van der Waals surface area (Å²) in [6.07, 6.45) is -0.629. The van der Waals surface area contributed by atoms with E-state index in [9.17, 15) is 14.4 Å². The van der Waals surface area contributed by atoms with Gasteiger partial charge < -0.3 is 9.47 Å². The van der Waals surface area contributed by atoms with Gasteiger partial charge in [-0.3, -0.25) is 10.1 Å². The average Bonchev–Trinajstić information content (AvgIpc) is 2.88. The molecule has 1 N–H and O–H groups in total. The maximum absolute atomic E-state index is 12.6. The van der Waals surface area contributed by atoms with Crippen LogP contribution in [0.5, 0.6) is 0 Å². The SMILES string of the molecule is Cc1c(-c2ccc(C=O)cc2)c(NC(=O)OC(C)(C)C)nn1C(=O)OC(C)(C)C. The average molecular weight is 401 g/mol. The van der Waals surface area contributed by atoms with Crippen LogP contribution in [0.15, 0.2) is 24.3 Å². The molecule has 29 heavy (non-hydrogen) atoms. The molecule has 0 spiro atoms. The Morgan fingerprint density at radius 3 is 2.03 bits per heavy atom. The molecule has 2 aromatic rings. The smallest absolute Gasteiger partial charge is 0.435 e. The van der Waals surface area contributed by atoms with E-state index < -0.39 is 23.4 Å². The molecule has 0 unspecified atom stereocenters. The maximum Gasteiger partial charge on any atom is 0.435 e. The van der Waals surface area contributed by atoms with Crippen molar-refractivity contribution in [1.29, 1.82) is 0 Å². The summed E-state index contributed by atoms with van der Waals surface area (Å²) in [5.74, 6) is 0.154. The van der Waals surface area contributed by atoms with Gasteiger partial charge in [0.05, 0.1) is 5.69 Å². The van der Waals surface area contributed by atoms with Gasteiger partial charge in [-0.05, 0) is 54.0 Å². The van der Waals surface area contributed by atoms with E-state index in [0.717, 1.165) is 11.0 Å². The molecule has 0 bridgehead atoms. The quantitative estimate of drug-likeness (QED) is 0.742. The van der Waals surface area contributed by atoms with Crippen molar-refractivity contribution in [1.82, 2.24) is 9.78 Å². The third-order valence-electron chi connectivity index (χ3n) is 3.64. The molecule has 8 nitrogen and oxygen atoms in total. The molecule has 0 fully saturated rings. The third kappa shape index (κ3) is 5.91. The molecule has 0 aliphatic rings. The molecule has 0 radical (unpaired) electrons. The molecule has 156 valence electrons. The monoisotopic (exact) mass is 401 g/mol. The maximum atomic E-state index is 12.6. The molecule has 8 heteroatoms. The number of amides is 1. The van der Waals surface area contributed by atoms with Gasteiger partial charge in [0.2, 0.25) is 0 Å². The zero-order valence-electron chi connectivity index (χ0n) is 17.8. The second-order valence-electron chi connectivity index (χ2n) is 8.57. The number of hydrogen-bond acceptors (Lipinski definition) is 6. The molecule has 0 aliphatic heterocycles. The number of nitrogens with one attached hydrogen (secondary N) is 1. The van der Waals surface area contributed by atoms with E-state index in [2.05, 4.69) is 10.4 Å². The van der Waals surface area contributed by atoms with E-state index in [-0.39, 0.29) is 5.82 Å². The van der Waals surface area contributed by atoms with Crippen molar-refractivity contribution >= 4 is 24.3 Å². The molecule has 2 rings (SSSR count). The summed E-state index contributed by atoms with van der Waals surface area (Å²) < 4.78 is 11.8. The first kappa shape index (κ1) is 22.1. The summed E-state index contributed by atoms with van der Waals surface area (Å²) in [5, 5.41) is 6.85. The van der Waals surface area contributed by atoms with Crippen molar-refractivity contribution in [3.05, 3.63) is 35.5 Å². The van der Waals surface area contributed by atoms with Gasteiger partial charge in [0.25, 0.3) is 0 Å². The number of benzene rings is 1. The summed E-state index contributed by atoms with van der Waals surface area (Å²) >= 11 is 0. The summed E-state index contributed by atoms with van der Waals surface area (Å²) in [6.45, 7) is 12.2. The molecule has 0 saturated carbocycles. The lowest BCUT2D eigenvalue weighted by molar-refractivity contribution is 0.0508. The van der Waals surface area contributed by atoms with Gasteiger partial charge in [-0.2, -0.15) is 4.68 Å². The number of ether oxygens (including phenoxy) is 2. The Morgan fingerprint density at radius 2 is 1.55 bits per heavy atom. The summed E-state index contributed by atoms with van der Waals surface area (Å²) in [7, 11) is 0. The Hall–Kier alpha value is -3.16. The topological polar surface area (TPSA) is 99.5 Å². The summed E-state index contributed by atoms with van der Waals surface area (Å²) in [4.78, 5) is 35.8. The molecule has 1 heterocycles. The first-order valence-corrected chi connectivity index (χ1v) is 9.19. The van der Waals surface area contributed by atoms with Gasteiger partial charge in [-0.25, -0.2) is 9.59 Å². The predicted molar refractivity (Wildman–Crippen MR) is 109 cm³/mol. The lowest BCUT2D eigenvalue weighted by atomic mass is 10.0. The Morgan fingerprint density at radius 1 is 1.00 bits per heavy atom. The number of anilines is 1. The standard InChI is InChI=1S/C21H27N3O5/c1-13-16(15-10-8-14(12-25)9-11-15)17(22-18(26)28-20(2,3)4)23-24(13)19(27)29-21(5,6)7/h8-12H,1-7H3,(H,22,23,26). The molecule has 0 aliphatic carbocycles. The van der Waals surface area contributed by atoms with Crippen LogP contribution in [0.2, 0.25) is 0 Å². The Kier molecular flexibility index (Phi) is 6.15. The van der Waals surface area contributed by atoms with Crippen LogP contribution >= 0.6 is 0 Å². The third-order valence-corrected chi connectivity index (χ3v) is 3.64. The van der Waals surface area contributed by atoms with Crippen LogP contribution in [-0.2, 0) is 9.47 Å². The number of aldehydes is 1.